The molecular formula is C15H22N2O3. The first-order valence-corrected chi connectivity index (χ1v) is 6.56. The Morgan fingerprint density at radius 1 is 1.25 bits per heavy atom. The number of carbonyl (C=O) groups is 2. The number of hydrogen-bond acceptors (Lipinski definition) is 3. The lowest BCUT2D eigenvalue weighted by Crippen LogP contribution is -2.40. The van der Waals surface area contributed by atoms with Gasteiger partial charge in [0.25, 0.3) is 0 Å². The van der Waals surface area contributed by atoms with E-state index in [1.165, 1.54) is 11.8 Å². The van der Waals surface area contributed by atoms with Crippen molar-refractivity contribution in [3.8, 4) is 0 Å². The van der Waals surface area contributed by atoms with Crippen molar-refractivity contribution in [2.75, 3.05) is 31.7 Å². The first-order chi connectivity index (χ1) is 9.45. The van der Waals surface area contributed by atoms with Gasteiger partial charge in [0.1, 0.15) is 6.54 Å². The largest absolute Gasteiger partial charge is 0.383 e. The molecule has 1 rings (SSSR count). The van der Waals surface area contributed by atoms with Crippen LogP contribution in [0.1, 0.15) is 18.1 Å². The molecule has 0 aliphatic heterocycles. The van der Waals surface area contributed by atoms with Gasteiger partial charge < -0.3 is 15.0 Å². The third-order valence-corrected chi connectivity index (χ3v) is 3.11. The lowest BCUT2D eigenvalue weighted by Gasteiger charge is -2.21. The molecule has 2 amide bonds. The lowest BCUT2D eigenvalue weighted by molar-refractivity contribution is -0.123. The molecule has 0 saturated carbocycles. The van der Waals surface area contributed by atoms with E-state index in [4.69, 9.17) is 4.74 Å². The highest BCUT2D eigenvalue weighted by Crippen LogP contribution is 2.18. The van der Waals surface area contributed by atoms with E-state index in [1.54, 1.807) is 7.11 Å². The van der Waals surface area contributed by atoms with Gasteiger partial charge in [0.05, 0.1) is 6.61 Å². The van der Waals surface area contributed by atoms with Crippen molar-refractivity contribution in [1.29, 1.82) is 0 Å². The Balaban J connectivity index is 2.76. The monoisotopic (exact) mass is 278 g/mol. The predicted octanol–water partition coefficient (Wildman–Crippen LogP) is 1.42. The van der Waals surface area contributed by atoms with Gasteiger partial charge in [0.2, 0.25) is 11.8 Å². The molecular weight excluding hydrogens is 256 g/mol. The maximum atomic E-state index is 11.8. The van der Waals surface area contributed by atoms with Crippen molar-refractivity contribution in [1.82, 2.24) is 5.32 Å². The van der Waals surface area contributed by atoms with E-state index in [-0.39, 0.29) is 18.4 Å². The van der Waals surface area contributed by atoms with Gasteiger partial charge in [-0.3, -0.25) is 9.59 Å². The number of nitrogens with one attached hydrogen (secondary N) is 1. The van der Waals surface area contributed by atoms with Gasteiger partial charge in [-0.1, -0.05) is 6.07 Å². The summed E-state index contributed by atoms with van der Waals surface area (Å²) in [6, 6.07) is 5.72. The summed E-state index contributed by atoms with van der Waals surface area (Å²) >= 11 is 0. The molecule has 1 aromatic carbocycles. The Morgan fingerprint density at radius 2 is 1.95 bits per heavy atom. The van der Waals surface area contributed by atoms with Crippen molar-refractivity contribution in [2.45, 2.75) is 20.8 Å². The highest BCUT2D eigenvalue weighted by atomic mass is 16.5. The molecule has 1 N–H and O–H groups in total. The molecule has 110 valence electrons. The number of anilines is 1. The number of methoxy groups -OCH3 is 1. The second-order valence-electron chi connectivity index (χ2n) is 4.72. The van der Waals surface area contributed by atoms with Gasteiger partial charge in [0, 0.05) is 26.3 Å². The number of benzene rings is 1. The van der Waals surface area contributed by atoms with Crippen molar-refractivity contribution < 1.29 is 14.3 Å². The van der Waals surface area contributed by atoms with Gasteiger partial charge in [-0.15, -0.1) is 0 Å². The molecule has 1 aromatic rings. The average molecular weight is 278 g/mol. The summed E-state index contributed by atoms with van der Waals surface area (Å²) in [5.41, 5.74) is 2.98. The van der Waals surface area contributed by atoms with E-state index in [0.717, 1.165) is 16.8 Å². The van der Waals surface area contributed by atoms with Crippen LogP contribution < -0.4 is 10.2 Å². The molecule has 0 radical (unpaired) electrons. The number of aryl methyl sites for hydroxylation is 2. The van der Waals surface area contributed by atoms with E-state index in [0.29, 0.717) is 13.2 Å². The quantitative estimate of drug-likeness (QED) is 0.801. The summed E-state index contributed by atoms with van der Waals surface area (Å²) in [6.45, 7) is 6.35. The van der Waals surface area contributed by atoms with Crippen LogP contribution >= 0.6 is 0 Å². The number of rotatable bonds is 6. The summed E-state index contributed by atoms with van der Waals surface area (Å²) in [5, 5.41) is 2.71. The SMILES string of the molecule is COCCNC(=O)CN(C(C)=O)c1ccc(C)c(C)c1. The molecule has 0 saturated heterocycles. The number of nitrogens with zero attached hydrogens (tertiary/aromatic N) is 1. The smallest absolute Gasteiger partial charge is 0.240 e. The molecule has 0 unspecified atom stereocenters. The summed E-state index contributed by atoms with van der Waals surface area (Å²) < 4.78 is 4.86. The number of amides is 2. The minimum absolute atomic E-state index is 0.0154. The Morgan fingerprint density at radius 3 is 2.50 bits per heavy atom. The number of hydrogen-bond donors (Lipinski definition) is 1. The highest BCUT2D eigenvalue weighted by molar-refractivity contribution is 5.97. The number of carbonyl (C=O) groups excluding carboxylic acids is 2. The van der Waals surface area contributed by atoms with Crippen molar-refractivity contribution in [3.05, 3.63) is 29.3 Å². The third-order valence-electron chi connectivity index (χ3n) is 3.11. The summed E-state index contributed by atoms with van der Waals surface area (Å²) in [7, 11) is 1.57. The fourth-order valence-corrected chi connectivity index (χ4v) is 1.77. The molecule has 5 nitrogen and oxygen atoms in total. The van der Waals surface area contributed by atoms with E-state index in [1.807, 2.05) is 32.0 Å². The highest BCUT2D eigenvalue weighted by Gasteiger charge is 2.15. The lowest BCUT2D eigenvalue weighted by atomic mass is 10.1. The fraction of sp³-hybridized carbons (Fsp3) is 0.467. The minimum atomic E-state index is -0.199. The van der Waals surface area contributed by atoms with Crippen molar-refractivity contribution in [3.63, 3.8) is 0 Å². The molecule has 0 aromatic heterocycles. The second kappa shape index (κ2) is 7.65. The number of ether oxygens (including phenoxy) is 1. The van der Waals surface area contributed by atoms with Gasteiger partial charge in [-0.05, 0) is 37.1 Å². The molecule has 0 aliphatic carbocycles. The maximum Gasteiger partial charge on any atom is 0.240 e. The predicted molar refractivity (Wildman–Crippen MR) is 78.8 cm³/mol. The van der Waals surface area contributed by atoms with Gasteiger partial charge in [-0.25, -0.2) is 0 Å². The van der Waals surface area contributed by atoms with E-state index in [2.05, 4.69) is 5.32 Å². The zero-order chi connectivity index (χ0) is 15.1. The van der Waals surface area contributed by atoms with Crippen LogP contribution in [0, 0.1) is 13.8 Å². The normalized spacial score (nSPS) is 10.2. The fourth-order valence-electron chi connectivity index (χ4n) is 1.77. The molecule has 0 bridgehead atoms. The van der Waals surface area contributed by atoms with Crippen molar-refractivity contribution in [2.24, 2.45) is 0 Å². The van der Waals surface area contributed by atoms with Crippen LogP contribution in [-0.2, 0) is 14.3 Å². The van der Waals surface area contributed by atoms with Gasteiger partial charge in [0.15, 0.2) is 0 Å². The molecule has 5 heteroatoms. The standard InChI is InChI=1S/C15H22N2O3/c1-11-5-6-14(9-12(11)2)17(13(3)18)10-15(19)16-7-8-20-4/h5-6,9H,7-8,10H2,1-4H3,(H,16,19). The van der Waals surface area contributed by atoms with Crippen molar-refractivity contribution >= 4 is 17.5 Å². The summed E-state index contributed by atoms with van der Waals surface area (Å²) in [6.07, 6.45) is 0. The Kier molecular flexibility index (Phi) is 6.18. The Hall–Kier alpha value is -1.88. The zero-order valence-electron chi connectivity index (χ0n) is 12.5. The Bertz CT molecular complexity index is 486. The summed E-state index contributed by atoms with van der Waals surface area (Å²) in [4.78, 5) is 25.0. The van der Waals surface area contributed by atoms with Crippen LogP contribution in [0.25, 0.3) is 0 Å². The maximum absolute atomic E-state index is 11.8. The van der Waals surface area contributed by atoms with Crippen LogP contribution in [0.15, 0.2) is 18.2 Å². The van der Waals surface area contributed by atoms with Crippen LogP contribution in [0.5, 0.6) is 0 Å². The third kappa shape index (κ3) is 4.66. The molecule has 0 fully saturated rings. The minimum Gasteiger partial charge on any atom is -0.383 e. The second-order valence-corrected chi connectivity index (χ2v) is 4.72. The van der Waals surface area contributed by atoms with Crippen LogP contribution in [0.2, 0.25) is 0 Å². The molecule has 0 spiro atoms. The first kappa shape index (κ1) is 16.2. The molecule has 0 aliphatic rings. The van der Waals surface area contributed by atoms with E-state index in [9.17, 15) is 9.59 Å². The van der Waals surface area contributed by atoms with Crippen LogP contribution in [0.4, 0.5) is 5.69 Å². The van der Waals surface area contributed by atoms with Crippen LogP contribution in [-0.4, -0.2) is 38.6 Å². The Labute approximate surface area is 119 Å². The molecule has 0 heterocycles. The first-order valence-electron chi connectivity index (χ1n) is 6.56. The van der Waals surface area contributed by atoms with Crippen LogP contribution in [0.3, 0.4) is 0 Å². The molecule has 0 atom stereocenters. The molecule has 20 heavy (non-hydrogen) atoms. The topological polar surface area (TPSA) is 58.6 Å². The van der Waals surface area contributed by atoms with Gasteiger partial charge in [-0.2, -0.15) is 0 Å². The average Bonchev–Trinajstić information content (AvgIpc) is 2.39. The van der Waals surface area contributed by atoms with E-state index >= 15 is 0 Å². The van der Waals surface area contributed by atoms with E-state index < -0.39 is 0 Å². The zero-order valence-corrected chi connectivity index (χ0v) is 12.5. The summed E-state index contributed by atoms with van der Waals surface area (Å²) in [5.74, 6) is -0.356. The van der Waals surface area contributed by atoms with Gasteiger partial charge >= 0.3 is 0 Å².